The molecule has 0 atom stereocenters. The number of hydrogen-bond acceptors (Lipinski definition) is 3. The second kappa shape index (κ2) is 5.65. The van der Waals surface area contributed by atoms with Gasteiger partial charge in [0, 0.05) is 5.56 Å². The summed E-state index contributed by atoms with van der Waals surface area (Å²) < 4.78 is 0. The molecule has 19 heavy (non-hydrogen) atoms. The van der Waals surface area contributed by atoms with Crippen LogP contribution in [0, 0.1) is 0 Å². The highest BCUT2D eigenvalue weighted by molar-refractivity contribution is 6.40. The predicted molar refractivity (Wildman–Crippen MR) is 78.1 cm³/mol. The minimum atomic E-state index is -0.425. The van der Waals surface area contributed by atoms with Crippen molar-refractivity contribution >= 4 is 52.2 Å². The van der Waals surface area contributed by atoms with Gasteiger partial charge < -0.3 is 11.1 Å². The highest BCUT2D eigenvalue weighted by Gasteiger charge is 2.12. The summed E-state index contributed by atoms with van der Waals surface area (Å²) in [7, 11) is 0. The van der Waals surface area contributed by atoms with E-state index in [0.717, 1.165) is 0 Å². The number of hydrogen-bond donors (Lipinski definition) is 2. The van der Waals surface area contributed by atoms with E-state index in [1.807, 2.05) is 0 Å². The minimum absolute atomic E-state index is 0.135. The number of carbonyl (C=O) groups is 1. The fourth-order valence-electron chi connectivity index (χ4n) is 1.45. The van der Waals surface area contributed by atoms with Gasteiger partial charge in [-0.15, -0.1) is 0 Å². The standard InChI is InChI=1S/C12H8Cl3N3O/c13-7-2-1-3-8(14)11(7)18-12(19)6-4-9(15)17-10(16)5-6/h1-5H,(H2,16,17)(H,18,19). The third-order valence-corrected chi connectivity index (χ3v) is 3.10. The Hall–Kier alpha value is -1.49. The number of aromatic nitrogens is 1. The van der Waals surface area contributed by atoms with E-state index in [1.54, 1.807) is 18.2 Å². The molecule has 1 heterocycles. The Balaban J connectivity index is 2.31. The van der Waals surface area contributed by atoms with E-state index in [9.17, 15) is 4.79 Å². The van der Waals surface area contributed by atoms with Gasteiger partial charge in [0.05, 0.1) is 15.7 Å². The zero-order valence-electron chi connectivity index (χ0n) is 9.45. The molecular weight excluding hydrogens is 309 g/mol. The van der Waals surface area contributed by atoms with Gasteiger partial charge in [-0.1, -0.05) is 40.9 Å². The van der Waals surface area contributed by atoms with Crippen LogP contribution in [0.25, 0.3) is 0 Å². The molecule has 1 aromatic heterocycles. The molecule has 0 aliphatic heterocycles. The summed E-state index contributed by atoms with van der Waals surface area (Å²) in [6, 6.07) is 7.74. The number of rotatable bonds is 2. The number of nitrogens with zero attached hydrogens (tertiary/aromatic N) is 1. The lowest BCUT2D eigenvalue weighted by molar-refractivity contribution is 0.102. The van der Waals surface area contributed by atoms with E-state index in [2.05, 4.69) is 10.3 Å². The van der Waals surface area contributed by atoms with E-state index in [-0.39, 0.29) is 16.5 Å². The fourth-order valence-corrected chi connectivity index (χ4v) is 2.16. The third kappa shape index (κ3) is 3.29. The highest BCUT2D eigenvalue weighted by atomic mass is 35.5. The first-order valence-corrected chi connectivity index (χ1v) is 6.29. The lowest BCUT2D eigenvalue weighted by atomic mass is 10.2. The van der Waals surface area contributed by atoms with Crippen LogP contribution in [0.4, 0.5) is 11.5 Å². The molecule has 0 fully saturated rings. The Morgan fingerprint density at radius 1 is 1.16 bits per heavy atom. The average molecular weight is 317 g/mol. The molecule has 0 unspecified atom stereocenters. The first-order chi connectivity index (χ1) is 8.97. The second-order valence-corrected chi connectivity index (χ2v) is 4.86. The molecule has 0 spiro atoms. The van der Waals surface area contributed by atoms with Crippen molar-refractivity contribution in [2.45, 2.75) is 0 Å². The average Bonchev–Trinajstić information content (AvgIpc) is 2.32. The lowest BCUT2D eigenvalue weighted by Crippen LogP contribution is -2.13. The number of halogens is 3. The number of nitrogen functional groups attached to an aromatic ring is 1. The smallest absolute Gasteiger partial charge is 0.255 e. The fraction of sp³-hybridized carbons (Fsp3) is 0. The van der Waals surface area contributed by atoms with Crippen molar-refractivity contribution in [1.29, 1.82) is 0 Å². The topological polar surface area (TPSA) is 68.0 Å². The van der Waals surface area contributed by atoms with Crippen molar-refractivity contribution in [3.63, 3.8) is 0 Å². The normalized spacial score (nSPS) is 10.3. The van der Waals surface area contributed by atoms with Gasteiger partial charge in [-0.2, -0.15) is 0 Å². The van der Waals surface area contributed by atoms with Gasteiger partial charge >= 0.3 is 0 Å². The monoisotopic (exact) mass is 315 g/mol. The quantitative estimate of drug-likeness (QED) is 0.826. The molecule has 4 nitrogen and oxygen atoms in total. The molecule has 1 aromatic carbocycles. The Morgan fingerprint density at radius 2 is 1.79 bits per heavy atom. The Labute approximate surface area is 124 Å². The summed E-state index contributed by atoms with van der Waals surface area (Å²) in [4.78, 5) is 15.8. The van der Waals surface area contributed by atoms with Crippen LogP contribution in [0.5, 0.6) is 0 Å². The van der Waals surface area contributed by atoms with Gasteiger partial charge in [-0.25, -0.2) is 4.98 Å². The Kier molecular flexibility index (Phi) is 4.14. The zero-order valence-corrected chi connectivity index (χ0v) is 11.7. The van der Waals surface area contributed by atoms with Crippen LogP contribution >= 0.6 is 34.8 Å². The molecular formula is C12H8Cl3N3O. The Morgan fingerprint density at radius 3 is 2.37 bits per heavy atom. The zero-order chi connectivity index (χ0) is 14.0. The van der Waals surface area contributed by atoms with E-state index in [0.29, 0.717) is 15.7 Å². The van der Waals surface area contributed by atoms with E-state index < -0.39 is 5.91 Å². The first-order valence-electron chi connectivity index (χ1n) is 5.16. The summed E-state index contributed by atoms with van der Waals surface area (Å²) in [5, 5.41) is 3.42. The first kappa shape index (κ1) is 13.9. The van der Waals surface area contributed by atoms with Crippen molar-refractivity contribution in [1.82, 2.24) is 4.98 Å². The SMILES string of the molecule is Nc1cc(C(=O)Nc2c(Cl)cccc2Cl)cc(Cl)n1. The molecule has 3 N–H and O–H groups in total. The van der Waals surface area contributed by atoms with Gasteiger partial charge in [0.2, 0.25) is 0 Å². The number of nitrogens with two attached hydrogens (primary N) is 1. The maximum atomic E-state index is 12.1. The van der Waals surface area contributed by atoms with Crippen molar-refractivity contribution in [2.24, 2.45) is 0 Å². The number of para-hydroxylation sites is 1. The van der Waals surface area contributed by atoms with Gasteiger partial charge in [0.1, 0.15) is 11.0 Å². The molecule has 2 rings (SSSR count). The van der Waals surface area contributed by atoms with Gasteiger partial charge in [0.15, 0.2) is 0 Å². The number of benzene rings is 1. The molecule has 0 aliphatic carbocycles. The summed E-state index contributed by atoms with van der Waals surface area (Å²) in [5.41, 5.74) is 6.13. The van der Waals surface area contributed by atoms with Crippen molar-refractivity contribution in [3.8, 4) is 0 Å². The van der Waals surface area contributed by atoms with Crippen LogP contribution < -0.4 is 11.1 Å². The second-order valence-electron chi connectivity index (χ2n) is 3.65. The van der Waals surface area contributed by atoms with Gasteiger partial charge in [-0.05, 0) is 24.3 Å². The molecule has 0 saturated carbocycles. The number of nitrogens with one attached hydrogen (secondary N) is 1. The molecule has 0 bridgehead atoms. The summed E-state index contributed by atoms with van der Waals surface area (Å²) in [6.45, 7) is 0. The largest absolute Gasteiger partial charge is 0.384 e. The summed E-state index contributed by atoms with van der Waals surface area (Å²) in [5.74, 6) is -0.270. The number of carbonyl (C=O) groups excluding carboxylic acids is 1. The van der Waals surface area contributed by atoms with Crippen LogP contribution in [0.15, 0.2) is 30.3 Å². The van der Waals surface area contributed by atoms with Crippen molar-refractivity contribution in [2.75, 3.05) is 11.1 Å². The molecule has 7 heteroatoms. The van der Waals surface area contributed by atoms with Crippen LogP contribution in [0.1, 0.15) is 10.4 Å². The van der Waals surface area contributed by atoms with E-state index in [1.165, 1.54) is 12.1 Å². The molecule has 0 aliphatic rings. The lowest BCUT2D eigenvalue weighted by Gasteiger charge is -2.09. The summed E-state index contributed by atoms with van der Waals surface area (Å²) in [6.07, 6.45) is 0. The van der Waals surface area contributed by atoms with Gasteiger partial charge in [-0.3, -0.25) is 4.79 Å². The third-order valence-electron chi connectivity index (χ3n) is 2.28. The molecule has 0 saturated heterocycles. The van der Waals surface area contributed by atoms with Gasteiger partial charge in [0.25, 0.3) is 5.91 Å². The highest BCUT2D eigenvalue weighted by Crippen LogP contribution is 2.30. The predicted octanol–water partition coefficient (Wildman–Crippen LogP) is 3.88. The van der Waals surface area contributed by atoms with Crippen LogP contribution in [0.3, 0.4) is 0 Å². The van der Waals surface area contributed by atoms with Crippen molar-refractivity contribution < 1.29 is 4.79 Å². The molecule has 0 radical (unpaired) electrons. The number of amides is 1. The van der Waals surface area contributed by atoms with Crippen molar-refractivity contribution in [3.05, 3.63) is 51.1 Å². The minimum Gasteiger partial charge on any atom is -0.384 e. The van der Waals surface area contributed by atoms with Crippen LogP contribution in [-0.2, 0) is 0 Å². The van der Waals surface area contributed by atoms with Crippen LogP contribution in [0.2, 0.25) is 15.2 Å². The Bertz CT molecular complexity index is 606. The number of pyridine rings is 1. The maximum absolute atomic E-state index is 12.1. The molecule has 1 amide bonds. The van der Waals surface area contributed by atoms with Crippen LogP contribution in [-0.4, -0.2) is 10.9 Å². The summed E-state index contributed by atoms with van der Waals surface area (Å²) >= 11 is 17.7. The maximum Gasteiger partial charge on any atom is 0.255 e. The molecule has 2 aromatic rings. The number of anilines is 2. The van der Waals surface area contributed by atoms with E-state index in [4.69, 9.17) is 40.5 Å². The van der Waals surface area contributed by atoms with E-state index >= 15 is 0 Å². The molecule has 98 valence electrons.